The average Bonchev–Trinajstić information content (AvgIpc) is 2.38. The Kier molecular flexibility index (Phi) is 5.20. The third kappa shape index (κ3) is 3.85. The van der Waals surface area contributed by atoms with Crippen molar-refractivity contribution < 1.29 is 13.2 Å². The van der Waals surface area contributed by atoms with Gasteiger partial charge in [0.2, 0.25) is 0 Å². The summed E-state index contributed by atoms with van der Waals surface area (Å²) in [6.07, 6.45) is -3.52. The Morgan fingerprint density at radius 2 is 1.63 bits per heavy atom. The quantitative estimate of drug-likeness (QED) is 0.717. The van der Waals surface area contributed by atoms with Crippen LogP contribution in [0.5, 0.6) is 0 Å². The van der Waals surface area contributed by atoms with E-state index in [1.807, 2.05) is 12.1 Å². The molecule has 1 aromatic heterocycles. The third-order valence-electron chi connectivity index (χ3n) is 2.49. The second-order valence-electron chi connectivity index (χ2n) is 3.76. The van der Waals surface area contributed by atoms with E-state index in [0.29, 0.717) is 11.6 Å². The van der Waals surface area contributed by atoms with E-state index in [1.165, 1.54) is 6.07 Å². The van der Waals surface area contributed by atoms with Crippen LogP contribution in [0.3, 0.4) is 0 Å². The summed E-state index contributed by atoms with van der Waals surface area (Å²) in [7, 11) is 0. The van der Waals surface area contributed by atoms with Gasteiger partial charge in [0.1, 0.15) is 0 Å². The molecule has 0 aliphatic carbocycles. The van der Waals surface area contributed by atoms with E-state index in [1.54, 1.807) is 12.1 Å². The van der Waals surface area contributed by atoms with Crippen molar-refractivity contribution in [1.29, 1.82) is 0 Å². The van der Waals surface area contributed by atoms with Crippen molar-refractivity contribution in [1.82, 2.24) is 4.98 Å². The van der Waals surface area contributed by atoms with Gasteiger partial charge in [-0.3, -0.25) is 4.98 Å². The highest BCUT2D eigenvalue weighted by Crippen LogP contribution is 2.29. The van der Waals surface area contributed by atoms with Gasteiger partial charge >= 0.3 is 6.18 Å². The molecule has 0 fully saturated rings. The van der Waals surface area contributed by atoms with Crippen LogP contribution in [0.15, 0.2) is 42.6 Å². The minimum absolute atomic E-state index is 0. The molecule has 0 saturated heterocycles. The van der Waals surface area contributed by atoms with E-state index >= 15 is 0 Å². The molecule has 0 atom stereocenters. The highest BCUT2D eigenvalue weighted by Gasteiger charge is 2.30. The molecule has 0 spiro atoms. The third-order valence-corrected chi connectivity index (χ3v) is 2.80. The van der Waals surface area contributed by atoms with E-state index in [2.05, 4.69) is 4.98 Å². The topological polar surface area (TPSA) is 12.9 Å². The molecule has 0 radical (unpaired) electrons. The molecule has 0 saturated carbocycles. The van der Waals surface area contributed by atoms with Crippen LogP contribution in [0.25, 0.3) is 11.3 Å². The lowest BCUT2D eigenvalue weighted by Gasteiger charge is -2.07. The molecule has 6 heteroatoms. The largest absolute Gasteiger partial charge is 0.417 e. The number of pyridine rings is 1. The van der Waals surface area contributed by atoms with Crippen molar-refractivity contribution in [2.45, 2.75) is 12.1 Å². The average molecular weight is 308 g/mol. The van der Waals surface area contributed by atoms with E-state index in [4.69, 9.17) is 11.6 Å². The Morgan fingerprint density at radius 3 is 2.05 bits per heavy atom. The number of halogens is 5. The predicted octanol–water partition coefficient (Wildman–Crippen LogP) is 4.93. The van der Waals surface area contributed by atoms with Crippen molar-refractivity contribution >= 4 is 24.0 Å². The Balaban J connectivity index is 0.00000180. The van der Waals surface area contributed by atoms with Gasteiger partial charge in [-0.25, -0.2) is 0 Å². The van der Waals surface area contributed by atoms with Crippen LogP contribution >= 0.6 is 24.0 Å². The van der Waals surface area contributed by atoms with Crippen molar-refractivity contribution in [2.24, 2.45) is 0 Å². The van der Waals surface area contributed by atoms with Crippen molar-refractivity contribution in [3.63, 3.8) is 0 Å². The molecule has 1 nitrogen and oxygen atoms in total. The van der Waals surface area contributed by atoms with E-state index < -0.39 is 11.7 Å². The molecule has 2 rings (SSSR count). The molecule has 0 unspecified atom stereocenters. The minimum atomic E-state index is -4.35. The Morgan fingerprint density at radius 1 is 1.00 bits per heavy atom. The van der Waals surface area contributed by atoms with Crippen molar-refractivity contribution in [3.05, 3.63) is 53.7 Å². The number of hydrogen-bond donors (Lipinski definition) is 0. The fourth-order valence-corrected chi connectivity index (χ4v) is 1.68. The maximum Gasteiger partial charge on any atom is 0.417 e. The Hall–Kier alpha value is -1.26. The van der Waals surface area contributed by atoms with Gasteiger partial charge in [-0.1, -0.05) is 24.3 Å². The van der Waals surface area contributed by atoms with Gasteiger partial charge < -0.3 is 0 Å². The SMILES string of the molecule is Cl.FC(F)(F)c1ccc(-c2ccc(CCl)cc2)nc1. The lowest BCUT2D eigenvalue weighted by Crippen LogP contribution is -2.05. The second kappa shape index (κ2) is 6.26. The summed E-state index contributed by atoms with van der Waals surface area (Å²) >= 11 is 5.66. The standard InChI is InChI=1S/C13H9ClF3N.ClH/c14-7-9-1-3-10(4-2-9)12-6-5-11(8-18-12)13(15,16)17;/h1-6,8H,7H2;1H. The summed E-state index contributed by atoms with van der Waals surface area (Å²) in [5.41, 5.74) is 1.47. The van der Waals surface area contributed by atoms with Crippen LogP contribution in [0, 0.1) is 0 Å². The Labute approximate surface area is 119 Å². The summed E-state index contributed by atoms with van der Waals surface area (Å²) < 4.78 is 37.1. The summed E-state index contributed by atoms with van der Waals surface area (Å²) in [4.78, 5) is 3.82. The zero-order valence-electron chi connectivity index (χ0n) is 9.62. The molecule has 0 amide bonds. The summed E-state index contributed by atoms with van der Waals surface area (Å²) in [5, 5.41) is 0. The van der Waals surface area contributed by atoms with Crippen LogP contribution in [-0.2, 0) is 12.1 Å². The molecule has 0 aliphatic rings. The van der Waals surface area contributed by atoms with Gasteiger partial charge in [-0.2, -0.15) is 13.2 Å². The van der Waals surface area contributed by atoms with Gasteiger partial charge in [-0.15, -0.1) is 24.0 Å². The first-order valence-electron chi connectivity index (χ1n) is 5.19. The van der Waals surface area contributed by atoms with Gasteiger partial charge in [0.05, 0.1) is 11.3 Å². The molecule has 0 bridgehead atoms. The van der Waals surface area contributed by atoms with Gasteiger partial charge in [0.15, 0.2) is 0 Å². The fraction of sp³-hybridized carbons (Fsp3) is 0.154. The first-order valence-corrected chi connectivity index (χ1v) is 5.72. The molecular weight excluding hydrogens is 298 g/mol. The first kappa shape index (κ1) is 15.8. The Bertz CT molecular complexity index is 521. The molecule has 0 aliphatic heterocycles. The molecule has 1 heterocycles. The molecule has 2 aromatic rings. The molecule has 102 valence electrons. The van der Waals surface area contributed by atoms with Crippen LogP contribution in [0.2, 0.25) is 0 Å². The first-order chi connectivity index (χ1) is 8.50. The lowest BCUT2D eigenvalue weighted by atomic mass is 10.1. The number of nitrogens with zero attached hydrogens (tertiary/aromatic N) is 1. The van der Waals surface area contributed by atoms with Gasteiger partial charge in [0.25, 0.3) is 0 Å². The number of aromatic nitrogens is 1. The van der Waals surface area contributed by atoms with Crippen LogP contribution < -0.4 is 0 Å². The minimum Gasteiger partial charge on any atom is -0.256 e. The number of hydrogen-bond acceptors (Lipinski definition) is 1. The lowest BCUT2D eigenvalue weighted by molar-refractivity contribution is -0.137. The number of benzene rings is 1. The highest BCUT2D eigenvalue weighted by molar-refractivity contribution is 6.17. The second-order valence-corrected chi connectivity index (χ2v) is 4.03. The van der Waals surface area contributed by atoms with Gasteiger partial charge in [-0.05, 0) is 17.7 Å². The molecule has 19 heavy (non-hydrogen) atoms. The summed E-state index contributed by atoms with van der Waals surface area (Å²) in [6.45, 7) is 0. The number of alkyl halides is 4. The predicted molar refractivity (Wildman–Crippen MR) is 71.5 cm³/mol. The maximum atomic E-state index is 12.4. The van der Waals surface area contributed by atoms with E-state index in [0.717, 1.165) is 23.4 Å². The molecule has 1 aromatic carbocycles. The van der Waals surface area contributed by atoms with Gasteiger partial charge in [0, 0.05) is 17.6 Å². The maximum absolute atomic E-state index is 12.4. The van der Waals surface area contributed by atoms with E-state index in [9.17, 15) is 13.2 Å². The summed E-state index contributed by atoms with van der Waals surface area (Å²) in [5.74, 6) is 0.403. The number of rotatable bonds is 2. The van der Waals surface area contributed by atoms with Crippen LogP contribution in [0.1, 0.15) is 11.1 Å². The fourth-order valence-electron chi connectivity index (χ4n) is 1.50. The highest BCUT2D eigenvalue weighted by atomic mass is 35.5. The van der Waals surface area contributed by atoms with Crippen molar-refractivity contribution in [2.75, 3.05) is 0 Å². The molecule has 0 N–H and O–H groups in total. The van der Waals surface area contributed by atoms with Crippen molar-refractivity contribution in [3.8, 4) is 11.3 Å². The van der Waals surface area contributed by atoms with Crippen LogP contribution in [0.4, 0.5) is 13.2 Å². The smallest absolute Gasteiger partial charge is 0.256 e. The zero-order valence-corrected chi connectivity index (χ0v) is 11.2. The monoisotopic (exact) mass is 307 g/mol. The van der Waals surface area contributed by atoms with E-state index in [-0.39, 0.29) is 12.4 Å². The normalized spacial score (nSPS) is 10.9. The zero-order chi connectivity index (χ0) is 13.2. The van der Waals surface area contributed by atoms with Crippen LogP contribution in [-0.4, -0.2) is 4.98 Å². The molecular formula is C13H10Cl2F3N. The summed E-state index contributed by atoms with van der Waals surface area (Å²) in [6, 6.07) is 9.60.